The number of pyridine rings is 1. The first-order valence-corrected chi connectivity index (χ1v) is 7.84. The quantitative estimate of drug-likeness (QED) is 0.722. The molecule has 0 spiro atoms. The molecular formula is C18H18N4. The second kappa shape index (κ2) is 5.72. The van der Waals surface area contributed by atoms with Gasteiger partial charge in [-0.3, -0.25) is 0 Å². The Balaban J connectivity index is 1.89. The van der Waals surface area contributed by atoms with E-state index in [0.717, 1.165) is 29.8 Å². The lowest BCUT2D eigenvalue weighted by molar-refractivity contribution is 0.574. The van der Waals surface area contributed by atoms with E-state index in [2.05, 4.69) is 45.4 Å². The van der Waals surface area contributed by atoms with E-state index in [4.69, 9.17) is 4.98 Å². The number of aromatic nitrogens is 3. The van der Waals surface area contributed by atoms with Crippen LogP contribution in [0.2, 0.25) is 0 Å². The summed E-state index contributed by atoms with van der Waals surface area (Å²) in [4.78, 5) is 7.19. The Hall–Kier alpha value is -2.49. The highest BCUT2D eigenvalue weighted by Gasteiger charge is 2.15. The molecule has 3 heterocycles. The van der Waals surface area contributed by atoms with E-state index < -0.39 is 0 Å². The Morgan fingerprint density at radius 2 is 1.64 bits per heavy atom. The van der Waals surface area contributed by atoms with E-state index in [9.17, 15) is 0 Å². The highest BCUT2D eigenvalue weighted by atomic mass is 15.2. The molecule has 4 nitrogen and oxygen atoms in total. The number of nitrogens with zero attached hydrogens (tertiary/aromatic N) is 4. The van der Waals surface area contributed by atoms with Gasteiger partial charge in [-0.2, -0.15) is 10.2 Å². The molecule has 0 saturated carbocycles. The van der Waals surface area contributed by atoms with Crippen LogP contribution in [0.15, 0.2) is 48.8 Å². The maximum Gasteiger partial charge on any atom is 0.129 e. The zero-order valence-electron chi connectivity index (χ0n) is 12.4. The van der Waals surface area contributed by atoms with Gasteiger partial charge in [0.05, 0.1) is 17.9 Å². The number of hydrogen-bond donors (Lipinski definition) is 0. The highest BCUT2D eigenvalue weighted by molar-refractivity contribution is 5.95. The predicted octanol–water partition coefficient (Wildman–Crippen LogP) is 3.68. The Bertz CT molecular complexity index is 779. The van der Waals surface area contributed by atoms with Crippen LogP contribution >= 0.6 is 0 Å². The minimum atomic E-state index is 0.914. The number of anilines is 1. The zero-order valence-corrected chi connectivity index (χ0v) is 12.4. The molecule has 1 fully saturated rings. The molecule has 1 aliphatic heterocycles. The second-order valence-corrected chi connectivity index (χ2v) is 5.73. The molecule has 1 aromatic carbocycles. The Labute approximate surface area is 129 Å². The third-order valence-electron chi connectivity index (χ3n) is 4.27. The molecule has 4 rings (SSSR count). The molecule has 0 aliphatic carbocycles. The van der Waals surface area contributed by atoms with Crippen LogP contribution in [0.4, 0.5) is 5.82 Å². The number of benzene rings is 1. The lowest BCUT2D eigenvalue weighted by Gasteiger charge is -2.28. The third kappa shape index (κ3) is 2.41. The van der Waals surface area contributed by atoms with Crippen LogP contribution in [-0.4, -0.2) is 28.3 Å². The summed E-state index contributed by atoms with van der Waals surface area (Å²) in [5, 5.41) is 9.10. The van der Waals surface area contributed by atoms with Gasteiger partial charge in [0, 0.05) is 18.5 Å². The zero-order chi connectivity index (χ0) is 14.8. The van der Waals surface area contributed by atoms with Crippen LogP contribution in [0, 0.1) is 0 Å². The fourth-order valence-electron chi connectivity index (χ4n) is 3.12. The van der Waals surface area contributed by atoms with Crippen molar-refractivity contribution in [1.29, 1.82) is 0 Å². The van der Waals surface area contributed by atoms with E-state index in [1.54, 1.807) is 6.20 Å². The van der Waals surface area contributed by atoms with Gasteiger partial charge in [-0.1, -0.05) is 30.3 Å². The summed E-state index contributed by atoms with van der Waals surface area (Å²) in [6.07, 6.45) is 7.38. The summed E-state index contributed by atoms with van der Waals surface area (Å²) in [6.45, 7) is 2.18. The molecule has 0 N–H and O–H groups in total. The van der Waals surface area contributed by atoms with Crippen LogP contribution in [-0.2, 0) is 0 Å². The van der Waals surface area contributed by atoms with E-state index in [0.29, 0.717) is 0 Å². The van der Waals surface area contributed by atoms with E-state index in [1.807, 2.05) is 12.3 Å². The highest BCUT2D eigenvalue weighted by Crippen LogP contribution is 2.31. The Morgan fingerprint density at radius 3 is 2.45 bits per heavy atom. The van der Waals surface area contributed by atoms with Gasteiger partial charge in [0.15, 0.2) is 0 Å². The van der Waals surface area contributed by atoms with Gasteiger partial charge in [-0.05, 0) is 36.5 Å². The summed E-state index contributed by atoms with van der Waals surface area (Å²) in [7, 11) is 0. The molecule has 0 amide bonds. The van der Waals surface area contributed by atoms with Crippen LogP contribution in [0.3, 0.4) is 0 Å². The Kier molecular flexibility index (Phi) is 3.43. The fraction of sp³-hybridized carbons (Fsp3) is 0.278. The standard InChI is InChI=1S/C18H18N4/c1-3-7-14(8-4-1)15-11-18(22-9-5-2-6-10-22)21-17-13-20-19-12-16(15)17/h1,3-4,7-8,11-13H,2,5-6,9-10H2. The molecule has 0 radical (unpaired) electrons. The van der Waals surface area contributed by atoms with Crippen molar-refractivity contribution in [2.75, 3.05) is 18.0 Å². The minimum Gasteiger partial charge on any atom is -0.357 e. The van der Waals surface area contributed by atoms with Gasteiger partial charge >= 0.3 is 0 Å². The smallest absolute Gasteiger partial charge is 0.129 e. The summed E-state index contributed by atoms with van der Waals surface area (Å²) < 4.78 is 0. The first kappa shape index (κ1) is 13.2. The normalized spacial score (nSPS) is 15.2. The van der Waals surface area contributed by atoms with Crippen molar-refractivity contribution < 1.29 is 0 Å². The Morgan fingerprint density at radius 1 is 0.864 bits per heavy atom. The maximum absolute atomic E-state index is 4.81. The first-order valence-electron chi connectivity index (χ1n) is 7.84. The second-order valence-electron chi connectivity index (χ2n) is 5.73. The van der Waals surface area contributed by atoms with Crippen molar-refractivity contribution in [3.8, 4) is 11.1 Å². The molecular weight excluding hydrogens is 272 g/mol. The van der Waals surface area contributed by atoms with Crippen molar-refractivity contribution in [3.05, 3.63) is 48.8 Å². The molecule has 0 bridgehead atoms. The minimum absolute atomic E-state index is 0.914. The van der Waals surface area contributed by atoms with Crippen molar-refractivity contribution >= 4 is 16.7 Å². The van der Waals surface area contributed by atoms with Crippen LogP contribution in [0.5, 0.6) is 0 Å². The molecule has 1 aliphatic rings. The molecule has 3 aromatic rings. The number of piperidine rings is 1. The molecule has 1 saturated heterocycles. The number of rotatable bonds is 2. The van der Waals surface area contributed by atoms with Crippen molar-refractivity contribution in [2.45, 2.75) is 19.3 Å². The van der Waals surface area contributed by atoms with Gasteiger partial charge in [0.25, 0.3) is 0 Å². The fourth-order valence-corrected chi connectivity index (χ4v) is 3.12. The van der Waals surface area contributed by atoms with Crippen LogP contribution < -0.4 is 4.90 Å². The number of hydrogen-bond acceptors (Lipinski definition) is 4. The summed E-state index contributed by atoms with van der Waals surface area (Å²) in [6, 6.07) is 12.6. The first-order chi connectivity index (χ1) is 10.9. The SMILES string of the molecule is c1ccc(-c2cc(N3CCCCC3)nc3cnncc23)cc1. The van der Waals surface area contributed by atoms with Gasteiger partial charge in [-0.25, -0.2) is 4.98 Å². The topological polar surface area (TPSA) is 41.9 Å². The van der Waals surface area contributed by atoms with Crippen molar-refractivity contribution in [1.82, 2.24) is 15.2 Å². The average Bonchev–Trinajstić information content (AvgIpc) is 2.62. The van der Waals surface area contributed by atoms with E-state index >= 15 is 0 Å². The monoisotopic (exact) mass is 290 g/mol. The molecule has 110 valence electrons. The van der Waals surface area contributed by atoms with Gasteiger partial charge in [0.2, 0.25) is 0 Å². The van der Waals surface area contributed by atoms with Crippen molar-refractivity contribution in [2.24, 2.45) is 0 Å². The summed E-state index contributed by atoms with van der Waals surface area (Å²) >= 11 is 0. The maximum atomic E-state index is 4.81. The summed E-state index contributed by atoms with van der Waals surface area (Å²) in [5.41, 5.74) is 3.29. The van der Waals surface area contributed by atoms with Crippen LogP contribution in [0.25, 0.3) is 22.0 Å². The van der Waals surface area contributed by atoms with Gasteiger partial charge < -0.3 is 4.90 Å². The molecule has 2 aromatic heterocycles. The summed E-state index contributed by atoms with van der Waals surface area (Å²) in [5.74, 6) is 1.05. The molecule has 0 atom stereocenters. The number of fused-ring (bicyclic) bond motifs is 1. The molecule has 22 heavy (non-hydrogen) atoms. The van der Waals surface area contributed by atoms with Crippen LogP contribution in [0.1, 0.15) is 19.3 Å². The predicted molar refractivity (Wildman–Crippen MR) is 88.8 cm³/mol. The molecule has 4 heteroatoms. The third-order valence-corrected chi connectivity index (χ3v) is 4.27. The van der Waals surface area contributed by atoms with Gasteiger partial charge in [-0.15, -0.1) is 0 Å². The van der Waals surface area contributed by atoms with Crippen molar-refractivity contribution in [3.63, 3.8) is 0 Å². The largest absolute Gasteiger partial charge is 0.357 e. The van der Waals surface area contributed by atoms with E-state index in [1.165, 1.54) is 30.4 Å². The molecule has 0 unspecified atom stereocenters. The lowest BCUT2D eigenvalue weighted by atomic mass is 10.0. The van der Waals surface area contributed by atoms with Gasteiger partial charge in [0.1, 0.15) is 5.82 Å². The van der Waals surface area contributed by atoms with E-state index in [-0.39, 0.29) is 0 Å². The average molecular weight is 290 g/mol. The lowest BCUT2D eigenvalue weighted by Crippen LogP contribution is -2.30.